The molecule has 2 N–H and O–H groups in total. The molecular formula is C23H21N5. The summed E-state index contributed by atoms with van der Waals surface area (Å²) < 4.78 is 0. The monoisotopic (exact) mass is 367 g/mol. The SMILES string of the molecule is Cc1ccc(Nc2cc(NCc3ccccn3)nc(-c3ccccc3)n2)cc1. The first-order valence-corrected chi connectivity index (χ1v) is 9.18. The number of rotatable bonds is 6. The quantitative estimate of drug-likeness (QED) is 0.490. The summed E-state index contributed by atoms with van der Waals surface area (Å²) in [6.45, 7) is 2.66. The molecule has 4 rings (SSSR count). The first-order valence-electron chi connectivity index (χ1n) is 9.18. The van der Waals surface area contributed by atoms with E-state index in [1.165, 1.54) is 5.56 Å². The minimum atomic E-state index is 0.593. The van der Waals surface area contributed by atoms with Crippen LogP contribution in [-0.2, 0) is 6.54 Å². The first kappa shape index (κ1) is 17.7. The number of nitrogens with one attached hydrogen (secondary N) is 2. The van der Waals surface area contributed by atoms with Crippen LogP contribution < -0.4 is 10.6 Å². The van der Waals surface area contributed by atoms with Crippen molar-refractivity contribution in [3.8, 4) is 11.4 Å². The number of hydrogen-bond donors (Lipinski definition) is 2. The van der Waals surface area contributed by atoms with Crippen LogP contribution in [0.3, 0.4) is 0 Å². The smallest absolute Gasteiger partial charge is 0.163 e. The van der Waals surface area contributed by atoms with Crippen LogP contribution >= 0.6 is 0 Å². The summed E-state index contributed by atoms with van der Waals surface area (Å²) in [4.78, 5) is 13.7. The van der Waals surface area contributed by atoms with E-state index in [1.54, 1.807) is 6.20 Å². The lowest BCUT2D eigenvalue weighted by Gasteiger charge is -2.12. The molecule has 0 fully saturated rings. The minimum absolute atomic E-state index is 0.593. The molecule has 0 aliphatic heterocycles. The maximum Gasteiger partial charge on any atom is 0.163 e. The lowest BCUT2D eigenvalue weighted by Crippen LogP contribution is -2.06. The molecule has 28 heavy (non-hydrogen) atoms. The van der Waals surface area contributed by atoms with Crippen LogP contribution in [0.25, 0.3) is 11.4 Å². The van der Waals surface area contributed by atoms with Gasteiger partial charge in [0.15, 0.2) is 5.82 Å². The normalized spacial score (nSPS) is 10.5. The van der Waals surface area contributed by atoms with Crippen molar-refractivity contribution < 1.29 is 0 Å². The highest BCUT2D eigenvalue weighted by Gasteiger charge is 2.08. The summed E-state index contributed by atoms with van der Waals surface area (Å²) in [5.41, 5.74) is 4.13. The van der Waals surface area contributed by atoms with Gasteiger partial charge in [-0.1, -0.05) is 54.1 Å². The van der Waals surface area contributed by atoms with Crippen molar-refractivity contribution >= 4 is 17.3 Å². The van der Waals surface area contributed by atoms with Gasteiger partial charge in [-0.15, -0.1) is 0 Å². The zero-order chi connectivity index (χ0) is 19.2. The fraction of sp³-hybridized carbons (Fsp3) is 0.0870. The van der Waals surface area contributed by atoms with Crippen LogP contribution in [0, 0.1) is 6.92 Å². The van der Waals surface area contributed by atoms with E-state index >= 15 is 0 Å². The minimum Gasteiger partial charge on any atom is -0.364 e. The number of anilines is 3. The van der Waals surface area contributed by atoms with Gasteiger partial charge in [0.05, 0.1) is 12.2 Å². The van der Waals surface area contributed by atoms with E-state index in [4.69, 9.17) is 4.98 Å². The van der Waals surface area contributed by atoms with Gasteiger partial charge in [0.2, 0.25) is 0 Å². The van der Waals surface area contributed by atoms with E-state index in [0.717, 1.165) is 28.6 Å². The van der Waals surface area contributed by atoms with Crippen LogP contribution in [0.1, 0.15) is 11.3 Å². The molecule has 0 aliphatic carbocycles. The van der Waals surface area contributed by atoms with Gasteiger partial charge in [0.1, 0.15) is 11.6 Å². The third-order valence-corrected chi connectivity index (χ3v) is 4.26. The average molecular weight is 367 g/mol. The summed E-state index contributed by atoms with van der Waals surface area (Å²) in [5, 5.41) is 6.73. The zero-order valence-corrected chi connectivity index (χ0v) is 15.6. The second-order valence-corrected chi connectivity index (χ2v) is 6.49. The summed E-state index contributed by atoms with van der Waals surface area (Å²) in [7, 11) is 0. The van der Waals surface area contributed by atoms with Crippen LogP contribution in [0.15, 0.2) is 85.1 Å². The Morgan fingerprint density at radius 3 is 2.29 bits per heavy atom. The summed E-state index contributed by atoms with van der Waals surface area (Å²) in [6.07, 6.45) is 1.79. The highest BCUT2D eigenvalue weighted by atomic mass is 15.1. The largest absolute Gasteiger partial charge is 0.364 e. The van der Waals surface area contributed by atoms with Crippen molar-refractivity contribution in [3.05, 3.63) is 96.3 Å². The lowest BCUT2D eigenvalue weighted by molar-refractivity contribution is 1.02. The number of benzene rings is 2. The predicted octanol–water partition coefficient (Wildman–Crippen LogP) is 5.20. The summed E-state index contributed by atoms with van der Waals surface area (Å²) >= 11 is 0. The van der Waals surface area contributed by atoms with E-state index in [-0.39, 0.29) is 0 Å². The number of nitrogens with zero attached hydrogens (tertiary/aromatic N) is 3. The molecule has 0 radical (unpaired) electrons. The summed E-state index contributed by atoms with van der Waals surface area (Å²) in [6, 6.07) is 26.0. The number of aryl methyl sites for hydroxylation is 1. The van der Waals surface area contributed by atoms with Crippen LogP contribution in [0.4, 0.5) is 17.3 Å². The van der Waals surface area contributed by atoms with Gasteiger partial charge >= 0.3 is 0 Å². The van der Waals surface area contributed by atoms with Crippen LogP contribution in [0.2, 0.25) is 0 Å². The summed E-state index contributed by atoms with van der Waals surface area (Å²) in [5.74, 6) is 2.15. The molecule has 0 saturated carbocycles. The average Bonchev–Trinajstić information content (AvgIpc) is 2.75. The van der Waals surface area contributed by atoms with Crippen molar-refractivity contribution in [2.45, 2.75) is 13.5 Å². The zero-order valence-electron chi connectivity index (χ0n) is 15.6. The molecule has 0 unspecified atom stereocenters. The Hall–Kier alpha value is -3.73. The molecule has 0 atom stereocenters. The number of hydrogen-bond acceptors (Lipinski definition) is 5. The highest BCUT2D eigenvalue weighted by Crippen LogP contribution is 2.23. The Kier molecular flexibility index (Phi) is 5.24. The van der Waals surface area contributed by atoms with E-state index in [1.807, 2.05) is 66.7 Å². The van der Waals surface area contributed by atoms with E-state index in [9.17, 15) is 0 Å². The maximum atomic E-state index is 4.70. The molecule has 2 heterocycles. The molecule has 0 amide bonds. The second-order valence-electron chi connectivity index (χ2n) is 6.49. The molecule has 4 aromatic rings. The molecule has 2 aromatic heterocycles. The number of aromatic nitrogens is 3. The van der Waals surface area contributed by atoms with Crippen LogP contribution in [0.5, 0.6) is 0 Å². The predicted molar refractivity (Wildman–Crippen MR) is 113 cm³/mol. The Morgan fingerprint density at radius 2 is 1.54 bits per heavy atom. The second kappa shape index (κ2) is 8.31. The van der Waals surface area contributed by atoms with Gasteiger partial charge < -0.3 is 10.6 Å². The van der Waals surface area contributed by atoms with Gasteiger partial charge in [-0.05, 0) is 31.2 Å². The third-order valence-electron chi connectivity index (χ3n) is 4.26. The van der Waals surface area contributed by atoms with Gasteiger partial charge in [-0.2, -0.15) is 0 Å². The van der Waals surface area contributed by atoms with E-state index < -0.39 is 0 Å². The van der Waals surface area contributed by atoms with Gasteiger partial charge in [0.25, 0.3) is 0 Å². The van der Waals surface area contributed by atoms with Gasteiger partial charge in [-0.3, -0.25) is 4.98 Å². The van der Waals surface area contributed by atoms with Gasteiger partial charge in [0, 0.05) is 23.5 Å². The maximum absolute atomic E-state index is 4.70. The van der Waals surface area contributed by atoms with E-state index in [0.29, 0.717) is 12.4 Å². The van der Waals surface area contributed by atoms with Crippen molar-refractivity contribution in [2.24, 2.45) is 0 Å². The Morgan fingerprint density at radius 1 is 0.786 bits per heavy atom. The van der Waals surface area contributed by atoms with Gasteiger partial charge in [-0.25, -0.2) is 9.97 Å². The molecule has 0 aliphatic rings. The molecule has 0 bridgehead atoms. The van der Waals surface area contributed by atoms with Crippen LogP contribution in [-0.4, -0.2) is 15.0 Å². The fourth-order valence-corrected chi connectivity index (χ4v) is 2.79. The molecule has 138 valence electrons. The molecule has 0 saturated heterocycles. The Balaban J connectivity index is 1.63. The molecule has 5 heteroatoms. The molecule has 0 spiro atoms. The topological polar surface area (TPSA) is 62.7 Å². The van der Waals surface area contributed by atoms with Crippen molar-refractivity contribution in [1.29, 1.82) is 0 Å². The van der Waals surface area contributed by atoms with E-state index in [2.05, 4.69) is 39.7 Å². The number of pyridine rings is 1. The molecule has 2 aromatic carbocycles. The molecular weight excluding hydrogens is 346 g/mol. The third kappa shape index (κ3) is 4.51. The van der Waals surface area contributed by atoms with Crippen molar-refractivity contribution in [1.82, 2.24) is 15.0 Å². The standard InChI is InChI=1S/C23H21N5/c1-17-10-12-19(13-11-17)26-22-15-21(25-16-20-9-5-6-14-24-20)27-23(28-22)18-7-3-2-4-8-18/h2-15H,16H2,1H3,(H2,25,26,27,28). The fourth-order valence-electron chi connectivity index (χ4n) is 2.79. The van der Waals surface area contributed by atoms with Crippen molar-refractivity contribution in [2.75, 3.05) is 10.6 Å². The highest BCUT2D eigenvalue weighted by molar-refractivity contribution is 5.65. The Bertz CT molecular complexity index is 1030. The lowest BCUT2D eigenvalue weighted by atomic mass is 10.2. The molecule has 5 nitrogen and oxygen atoms in total. The first-order chi connectivity index (χ1) is 13.8. The van der Waals surface area contributed by atoms with Crippen molar-refractivity contribution in [3.63, 3.8) is 0 Å². The Labute approximate surface area is 164 Å².